The van der Waals surface area contributed by atoms with Gasteiger partial charge in [-0.3, -0.25) is 9.69 Å². The third kappa shape index (κ3) is 6.66. The lowest BCUT2D eigenvalue weighted by Gasteiger charge is -2.26. The molecule has 1 aromatic heterocycles. The van der Waals surface area contributed by atoms with Gasteiger partial charge in [0.1, 0.15) is 11.6 Å². The summed E-state index contributed by atoms with van der Waals surface area (Å²) in [7, 11) is 1.59. The van der Waals surface area contributed by atoms with E-state index in [4.69, 9.17) is 21.1 Å². The highest BCUT2D eigenvalue weighted by atomic mass is 35.5. The van der Waals surface area contributed by atoms with Crippen LogP contribution in [0.25, 0.3) is 0 Å². The van der Waals surface area contributed by atoms with Crippen molar-refractivity contribution in [1.82, 2.24) is 14.9 Å². The average Bonchev–Trinajstić information content (AvgIpc) is 2.71. The number of carbonyl (C=O) groups is 1. The number of anilines is 1. The van der Waals surface area contributed by atoms with Gasteiger partial charge in [-0.25, -0.2) is 9.97 Å². The topological polar surface area (TPSA) is 76.6 Å². The van der Waals surface area contributed by atoms with E-state index in [0.717, 1.165) is 51.4 Å². The lowest BCUT2D eigenvalue weighted by atomic mass is 10.0. The molecule has 0 spiro atoms. The molecule has 1 aliphatic rings. The predicted octanol–water partition coefficient (Wildman–Crippen LogP) is 3.01. The van der Waals surface area contributed by atoms with Gasteiger partial charge in [0.25, 0.3) is 0 Å². The van der Waals surface area contributed by atoms with Crippen LogP contribution in [0.5, 0.6) is 5.75 Å². The van der Waals surface area contributed by atoms with Gasteiger partial charge < -0.3 is 14.8 Å². The van der Waals surface area contributed by atoms with Crippen molar-refractivity contribution in [2.24, 2.45) is 0 Å². The molecule has 1 aliphatic heterocycles. The highest BCUT2D eigenvalue weighted by Crippen LogP contribution is 2.19. The van der Waals surface area contributed by atoms with E-state index in [9.17, 15) is 4.79 Å². The summed E-state index contributed by atoms with van der Waals surface area (Å²) < 4.78 is 10.6. The van der Waals surface area contributed by atoms with Gasteiger partial charge in [-0.05, 0) is 55.3 Å². The zero-order valence-electron chi connectivity index (χ0n) is 16.9. The minimum Gasteiger partial charge on any atom is -0.497 e. The Labute approximate surface area is 176 Å². The van der Waals surface area contributed by atoms with E-state index in [0.29, 0.717) is 22.8 Å². The molecule has 8 heteroatoms. The highest BCUT2D eigenvalue weighted by Gasteiger charge is 2.13. The van der Waals surface area contributed by atoms with Crippen molar-refractivity contribution in [2.45, 2.75) is 19.8 Å². The number of aromatic nitrogens is 2. The summed E-state index contributed by atoms with van der Waals surface area (Å²) in [5, 5.41) is 3.41. The lowest BCUT2D eigenvalue weighted by molar-refractivity contribution is 0.0378. The molecule has 1 N–H and O–H groups in total. The molecule has 2 heterocycles. The SMILES string of the molecule is COc1cc(C)cc(C(=O)Cc2cc(NCCCN3CCOCC3)nc(Cl)n2)c1. The second-order valence-corrected chi connectivity index (χ2v) is 7.42. The first kappa shape index (κ1) is 21.5. The van der Waals surface area contributed by atoms with Crippen LogP contribution in [-0.4, -0.2) is 67.2 Å². The molecule has 29 heavy (non-hydrogen) atoms. The van der Waals surface area contributed by atoms with Crippen LogP contribution >= 0.6 is 11.6 Å². The fourth-order valence-corrected chi connectivity index (χ4v) is 3.48. The van der Waals surface area contributed by atoms with E-state index in [1.54, 1.807) is 19.2 Å². The maximum Gasteiger partial charge on any atom is 0.224 e. The molecular weight excluding hydrogens is 392 g/mol. The first-order chi connectivity index (χ1) is 14.0. The predicted molar refractivity (Wildman–Crippen MR) is 113 cm³/mol. The number of Topliss-reactive ketones (excluding diaryl/α,β-unsaturated/α-hetero) is 1. The summed E-state index contributed by atoms with van der Waals surface area (Å²) in [6.07, 6.45) is 1.14. The van der Waals surface area contributed by atoms with Crippen molar-refractivity contribution >= 4 is 23.2 Å². The number of halogens is 1. The van der Waals surface area contributed by atoms with Gasteiger partial charge in [0.15, 0.2) is 5.78 Å². The van der Waals surface area contributed by atoms with Crippen molar-refractivity contribution in [3.05, 3.63) is 46.4 Å². The van der Waals surface area contributed by atoms with Gasteiger partial charge in [0.2, 0.25) is 5.28 Å². The van der Waals surface area contributed by atoms with E-state index in [1.807, 2.05) is 19.1 Å². The van der Waals surface area contributed by atoms with Crippen molar-refractivity contribution in [3.63, 3.8) is 0 Å². The Morgan fingerprint density at radius 2 is 2.03 bits per heavy atom. The Morgan fingerprint density at radius 1 is 1.24 bits per heavy atom. The van der Waals surface area contributed by atoms with Gasteiger partial charge in [-0.15, -0.1) is 0 Å². The molecule has 0 atom stereocenters. The number of methoxy groups -OCH3 is 1. The zero-order valence-corrected chi connectivity index (χ0v) is 17.7. The Bertz CT molecular complexity index is 841. The second kappa shape index (κ2) is 10.5. The van der Waals surface area contributed by atoms with E-state index in [2.05, 4.69) is 20.2 Å². The number of aryl methyl sites for hydroxylation is 1. The first-order valence-corrected chi connectivity index (χ1v) is 10.2. The third-order valence-electron chi connectivity index (χ3n) is 4.76. The van der Waals surface area contributed by atoms with Gasteiger partial charge in [0.05, 0.1) is 32.4 Å². The first-order valence-electron chi connectivity index (χ1n) is 9.80. The summed E-state index contributed by atoms with van der Waals surface area (Å²) >= 11 is 6.07. The van der Waals surface area contributed by atoms with Gasteiger partial charge >= 0.3 is 0 Å². The largest absolute Gasteiger partial charge is 0.497 e. The van der Waals surface area contributed by atoms with Crippen molar-refractivity contribution < 1.29 is 14.3 Å². The van der Waals surface area contributed by atoms with E-state index in [-0.39, 0.29) is 17.5 Å². The number of nitrogens with zero attached hydrogens (tertiary/aromatic N) is 3. The van der Waals surface area contributed by atoms with Crippen LogP contribution in [0.4, 0.5) is 5.82 Å². The van der Waals surface area contributed by atoms with Crippen molar-refractivity contribution in [1.29, 1.82) is 0 Å². The molecule has 1 fully saturated rings. The quantitative estimate of drug-likeness (QED) is 0.381. The summed E-state index contributed by atoms with van der Waals surface area (Å²) in [5.41, 5.74) is 2.15. The van der Waals surface area contributed by atoms with Gasteiger partial charge in [0, 0.05) is 31.3 Å². The van der Waals surface area contributed by atoms with Crippen LogP contribution in [0.3, 0.4) is 0 Å². The normalized spacial score (nSPS) is 14.6. The molecule has 7 nitrogen and oxygen atoms in total. The number of benzene rings is 1. The minimum absolute atomic E-state index is 0.0416. The summed E-state index contributed by atoms with van der Waals surface area (Å²) in [6, 6.07) is 7.25. The Morgan fingerprint density at radius 3 is 2.79 bits per heavy atom. The van der Waals surface area contributed by atoms with Crippen molar-refractivity contribution in [2.75, 3.05) is 51.8 Å². The number of carbonyl (C=O) groups excluding carboxylic acids is 1. The molecule has 156 valence electrons. The second-order valence-electron chi connectivity index (χ2n) is 7.09. The van der Waals surface area contributed by atoms with Crippen LogP contribution < -0.4 is 10.1 Å². The molecule has 2 aromatic rings. The Balaban J connectivity index is 1.56. The standard InChI is InChI=1S/C21H27ClN4O3/c1-15-10-16(12-18(11-15)28-2)19(27)13-17-14-20(25-21(22)24-17)23-4-3-5-26-6-8-29-9-7-26/h10-12,14H,3-9,13H2,1-2H3,(H,23,24,25). The molecule has 0 unspecified atom stereocenters. The maximum absolute atomic E-state index is 12.7. The van der Waals surface area contributed by atoms with E-state index in [1.165, 1.54) is 0 Å². The minimum atomic E-state index is -0.0416. The monoisotopic (exact) mass is 418 g/mol. The molecule has 0 aliphatic carbocycles. The fraction of sp³-hybridized carbons (Fsp3) is 0.476. The average molecular weight is 419 g/mol. The maximum atomic E-state index is 12.7. The third-order valence-corrected chi connectivity index (χ3v) is 4.93. The number of hydrogen-bond donors (Lipinski definition) is 1. The molecule has 0 amide bonds. The molecule has 3 rings (SSSR count). The lowest BCUT2D eigenvalue weighted by Crippen LogP contribution is -2.37. The number of ketones is 1. The van der Waals surface area contributed by atoms with Crippen LogP contribution in [0.1, 0.15) is 28.0 Å². The van der Waals surface area contributed by atoms with E-state index >= 15 is 0 Å². The number of ether oxygens (including phenoxy) is 2. The Hall–Kier alpha value is -2.22. The molecule has 1 saturated heterocycles. The van der Waals surface area contributed by atoms with Crippen LogP contribution in [0.2, 0.25) is 5.28 Å². The van der Waals surface area contributed by atoms with Gasteiger partial charge in [-0.1, -0.05) is 0 Å². The molecular formula is C21H27ClN4O3. The Kier molecular flexibility index (Phi) is 7.80. The summed E-state index contributed by atoms with van der Waals surface area (Å²) in [6.45, 7) is 7.28. The van der Waals surface area contributed by atoms with Crippen LogP contribution in [0.15, 0.2) is 24.3 Å². The van der Waals surface area contributed by atoms with Crippen molar-refractivity contribution in [3.8, 4) is 5.75 Å². The number of nitrogens with one attached hydrogen (secondary N) is 1. The molecule has 0 radical (unpaired) electrons. The smallest absolute Gasteiger partial charge is 0.224 e. The molecule has 0 saturated carbocycles. The van der Waals surface area contributed by atoms with Crippen LogP contribution in [0, 0.1) is 6.92 Å². The highest BCUT2D eigenvalue weighted by molar-refractivity contribution is 6.28. The van der Waals surface area contributed by atoms with E-state index < -0.39 is 0 Å². The fourth-order valence-electron chi connectivity index (χ4n) is 3.28. The summed E-state index contributed by atoms with van der Waals surface area (Å²) in [4.78, 5) is 23.5. The number of rotatable bonds is 9. The van der Waals surface area contributed by atoms with Gasteiger partial charge in [-0.2, -0.15) is 0 Å². The molecule has 0 bridgehead atoms. The molecule has 1 aromatic carbocycles. The number of morpholine rings is 1. The summed E-state index contributed by atoms with van der Waals surface area (Å²) in [5.74, 6) is 1.26. The van der Waals surface area contributed by atoms with Crippen LogP contribution in [-0.2, 0) is 11.2 Å². The number of hydrogen-bond acceptors (Lipinski definition) is 7. The zero-order chi connectivity index (χ0) is 20.6.